The van der Waals surface area contributed by atoms with Crippen molar-refractivity contribution in [3.05, 3.63) is 29.8 Å². The molecule has 0 radical (unpaired) electrons. The summed E-state index contributed by atoms with van der Waals surface area (Å²) in [6.07, 6.45) is 4.50. The maximum atomic E-state index is 12.3. The summed E-state index contributed by atoms with van der Waals surface area (Å²) in [7, 11) is 0. The van der Waals surface area contributed by atoms with Crippen LogP contribution in [0.2, 0.25) is 0 Å². The van der Waals surface area contributed by atoms with Gasteiger partial charge >= 0.3 is 6.03 Å². The number of rotatable bonds is 10. The number of unbranched alkanes of at least 4 members (excludes halogenated alkanes) is 4. The van der Waals surface area contributed by atoms with Crippen LogP contribution in [0, 0.1) is 6.92 Å². The van der Waals surface area contributed by atoms with Crippen LogP contribution in [-0.4, -0.2) is 49.6 Å². The SMILES string of the molecule is CCCCCCCO[C@H]1O[C@@H](CNC(=O)Nc2ccc(C)cc2)[C@@H]2OC(C)(C)O[C@H]12. The third-order valence-electron chi connectivity index (χ3n) is 5.41. The van der Waals surface area contributed by atoms with Crippen molar-refractivity contribution in [1.29, 1.82) is 0 Å². The van der Waals surface area contributed by atoms with Gasteiger partial charge < -0.3 is 29.6 Å². The van der Waals surface area contributed by atoms with Gasteiger partial charge in [0.25, 0.3) is 0 Å². The van der Waals surface area contributed by atoms with Gasteiger partial charge in [-0.15, -0.1) is 0 Å². The lowest BCUT2D eigenvalue weighted by atomic mass is 10.1. The van der Waals surface area contributed by atoms with Gasteiger partial charge in [0.2, 0.25) is 0 Å². The Morgan fingerprint density at radius 2 is 1.77 bits per heavy atom. The van der Waals surface area contributed by atoms with E-state index >= 15 is 0 Å². The molecule has 0 spiro atoms. The van der Waals surface area contributed by atoms with Crippen molar-refractivity contribution in [3.8, 4) is 0 Å². The highest BCUT2D eigenvalue weighted by atomic mass is 16.8. The second kappa shape index (κ2) is 10.6. The van der Waals surface area contributed by atoms with Crippen LogP contribution >= 0.6 is 0 Å². The Balaban J connectivity index is 1.47. The summed E-state index contributed by atoms with van der Waals surface area (Å²) in [6.45, 7) is 8.94. The average molecular weight is 421 g/mol. The van der Waals surface area contributed by atoms with Crippen LogP contribution in [0.1, 0.15) is 58.4 Å². The lowest BCUT2D eigenvalue weighted by Crippen LogP contribution is -2.41. The molecular formula is C23H36N2O5. The molecule has 4 atom stereocenters. The first kappa shape index (κ1) is 23.0. The monoisotopic (exact) mass is 420 g/mol. The van der Waals surface area contributed by atoms with E-state index in [1.807, 2.05) is 45.0 Å². The molecule has 168 valence electrons. The number of ether oxygens (including phenoxy) is 4. The summed E-state index contributed by atoms with van der Waals surface area (Å²) in [6, 6.07) is 7.37. The Kier molecular flexibility index (Phi) is 8.11. The first-order chi connectivity index (χ1) is 14.4. The third kappa shape index (κ3) is 6.41. The molecule has 1 aromatic rings. The van der Waals surface area contributed by atoms with Crippen molar-refractivity contribution in [2.24, 2.45) is 0 Å². The van der Waals surface area contributed by atoms with Gasteiger partial charge in [-0.3, -0.25) is 0 Å². The Hall–Kier alpha value is -1.67. The van der Waals surface area contributed by atoms with Gasteiger partial charge in [0.05, 0.1) is 0 Å². The Morgan fingerprint density at radius 3 is 2.50 bits per heavy atom. The lowest BCUT2D eigenvalue weighted by molar-refractivity contribution is -0.232. The summed E-state index contributed by atoms with van der Waals surface area (Å²) < 4.78 is 24.1. The van der Waals surface area contributed by atoms with Crippen LogP contribution < -0.4 is 10.6 Å². The highest BCUT2D eigenvalue weighted by Crippen LogP contribution is 2.39. The Morgan fingerprint density at radius 1 is 1.07 bits per heavy atom. The molecule has 0 bridgehead atoms. The first-order valence-electron chi connectivity index (χ1n) is 11.1. The standard InChI is InChI=1S/C23H36N2O5/c1-5-6-7-8-9-14-27-21-20-19(29-23(3,4)30-20)18(28-21)15-24-22(26)25-17-12-10-16(2)11-13-17/h10-13,18-21H,5-9,14-15H2,1-4H3,(H2,24,25,26)/t18-,19-,20-,21-/m0/s1. The molecule has 3 rings (SSSR count). The average Bonchev–Trinajstić information content (AvgIpc) is 3.18. The van der Waals surface area contributed by atoms with Crippen LogP contribution in [0.3, 0.4) is 0 Å². The van der Waals surface area contributed by atoms with Crippen LogP contribution in [0.5, 0.6) is 0 Å². The lowest BCUT2D eigenvalue weighted by Gasteiger charge is -2.24. The maximum absolute atomic E-state index is 12.3. The molecule has 2 amide bonds. The number of fused-ring (bicyclic) bond motifs is 1. The van der Waals surface area contributed by atoms with Gasteiger partial charge in [-0.1, -0.05) is 50.3 Å². The smallest absolute Gasteiger partial charge is 0.319 e. The van der Waals surface area contributed by atoms with E-state index in [9.17, 15) is 4.79 Å². The Bertz CT molecular complexity index is 679. The second-order valence-electron chi connectivity index (χ2n) is 8.59. The molecule has 0 saturated carbocycles. The third-order valence-corrected chi connectivity index (χ3v) is 5.41. The van der Waals surface area contributed by atoms with Crippen molar-refractivity contribution >= 4 is 11.7 Å². The van der Waals surface area contributed by atoms with Gasteiger partial charge in [0, 0.05) is 18.8 Å². The highest BCUT2D eigenvalue weighted by molar-refractivity contribution is 5.89. The minimum absolute atomic E-state index is 0.273. The van der Waals surface area contributed by atoms with Crippen LogP contribution in [-0.2, 0) is 18.9 Å². The summed E-state index contributed by atoms with van der Waals surface area (Å²) in [5.74, 6) is -0.690. The zero-order chi connectivity index (χ0) is 21.6. The molecule has 2 fully saturated rings. The predicted molar refractivity (Wildman–Crippen MR) is 115 cm³/mol. The summed E-state index contributed by atoms with van der Waals surface area (Å²) in [5, 5.41) is 5.70. The number of anilines is 1. The number of hydrogen-bond donors (Lipinski definition) is 2. The number of nitrogens with one attached hydrogen (secondary N) is 2. The van der Waals surface area contributed by atoms with E-state index in [1.165, 1.54) is 19.3 Å². The van der Waals surface area contributed by atoms with E-state index in [4.69, 9.17) is 18.9 Å². The van der Waals surface area contributed by atoms with E-state index in [0.29, 0.717) is 13.2 Å². The molecule has 0 aromatic heterocycles. The number of carbonyl (C=O) groups is 1. The molecule has 7 nitrogen and oxygen atoms in total. The molecule has 30 heavy (non-hydrogen) atoms. The summed E-state index contributed by atoms with van der Waals surface area (Å²) >= 11 is 0. The zero-order valence-electron chi connectivity index (χ0n) is 18.6. The van der Waals surface area contributed by atoms with E-state index in [1.54, 1.807) is 0 Å². The molecule has 0 unspecified atom stereocenters. The molecule has 2 N–H and O–H groups in total. The van der Waals surface area contributed by atoms with E-state index in [2.05, 4.69) is 17.6 Å². The molecule has 1 aromatic carbocycles. The van der Waals surface area contributed by atoms with Gasteiger partial charge in [0.1, 0.15) is 18.3 Å². The van der Waals surface area contributed by atoms with E-state index in [-0.39, 0.29) is 24.3 Å². The maximum Gasteiger partial charge on any atom is 0.319 e. The topological polar surface area (TPSA) is 78.1 Å². The largest absolute Gasteiger partial charge is 0.350 e. The van der Waals surface area contributed by atoms with Crippen molar-refractivity contribution in [2.45, 2.75) is 90.2 Å². The van der Waals surface area contributed by atoms with E-state index in [0.717, 1.165) is 24.1 Å². The highest BCUT2D eigenvalue weighted by Gasteiger charge is 2.55. The molecule has 7 heteroatoms. The molecular weight excluding hydrogens is 384 g/mol. The molecule has 2 aliphatic rings. The summed E-state index contributed by atoms with van der Waals surface area (Å²) in [5.41, 5.74) is 1.89. The fourth-order valence-corrected chi connectivity index (χ4v) is 3.85. The number of urea groups is 1. The quantitative estimate of drug-likeness (QED) is 0.550. The summed E-state index contributed by atoms with van der Waals surface area (Å²) in [4.78, 5) is 12.3. The molecule has 2 saturated heterocycles. The predicted octanol–water partition coefficient (Wildman–Crippen LogP) is 4.35. The van der Waals surface area contributed by atoms with Crippen LogP contribution in [0.4, 0.5) is 10.5 Å². The number of carbonyl (C=O) groups excluding carboxylic acids is 1. The molecule has 2 heterocycles. The van der Waals surface area contributed by atoms with Gasteiger partial charge in [-0.25, -0.2) is 4.79 Å². The molecule has 2 aliphatic heterocycles. The number of amides is 2. The number of aryl methyl sites for hydroxylation is 1. The first-order valence-corrected chi connectivity index (χ1v) is 11.1. The van der Waals surface area contributed by atoms with Crippen molar-refractivity contribution < 1.29 is 23.7 Å². The van der Waals surface area contributed by atoms with Gasteiger partial charge in [0.15, 0.2) is 12.1 Å². The van der Waals surface area contributed by atoms with Crippen molar-refractivity contribution in [3.63, 3.8) is 0 Å². The molecule has 0 aliphatic carbocycles. The minimum atomic E-state index is -0.690. The van der Waals surface area contributed by atoms with Crippen molar-refractivity contribution in [1.82, 2.24) is 5.32 Å². The van der Waals surface area contributed by atoms with Crippen molar-refractivity contribution in [2.75, 3.05) is 18.5 Å². The van der Waals surface area contributed by atoms with Crippen LogP contribution in [0.15, 0.2) is 24.3 Å². The van der Waals surface area contributed by atoms with E-state index < -0.39 is 12.1 Å². The zero-order valence-corrected chi connectivity index (χ0v) is 18.6. The van der Waals surface area contributed by atoms with Gasteiger partial charge in [-0.05, 0) is 39.3 Å². The Labute approximate surface area is 179 Å². The minimum Gasteiger partial charge on any atom is -0.350 e. The normalized spacial score (nSPS) is 27.1. The number of hydrogen-bond acceptors (Lipinski definition) is 5. The number of benzene rings is 1. The fraction of sp³-hybridized carbons (Fsp3) is 0.696. The second-order valence-corrected chi connectivity index (χ2v) is 8.59. The van der Waals surface area contributed by atoms with Crippen LogP contribution in [0.25, 0.3) is 0 Å². The van der Waals surface area contributed by atoms with Gasteiger partial charge in [-0.2, -0.15) is 0 Å². The fourth-order valence-electron chi connectivity index (χ4n) is 3.85.